The lowest BCUT2D eigenvalue weighted by atomic mass is 10.1. The maximum atomic E-state index is 12.2. The minimum absolute atomic E-state index is 0.0854. The summed E-state index contributed by atoms with van der Waals surface area (Å²) < 4.78 is 32.0. The number of sulfonamides is 1. The van der Waals surface area contributed by atoms with Crippen molar-refractivity contribution in [2.24, 2.45) is 0 Å². The third kappa shape index (κ3) is 6.77. The van der Waals surface area contributed by atoms with Gasteiger partial charge in [0.15, 0.2) is 6.61 Å². The molecule has 0 heterocycles. The molecule has 2 aromatic carbocycles. The van der Waals surface area contributed by atoms with E-state index in [0.29, 0.717) is 18.0 Å². The van der Waals surface area contributed by atoms with Gasteiger partial charge in [-0.3, -0.25) is 4.79 Å². The maximum absolute atomic E-state index is 12.2. The topological polar surface area (TPSA) is 114 Å². The first kappa shape index (κ1) is 23.2. The molecule has 0 aliphatic rings. The normalized spacial score (nSPS) is 10.9. The highest BCUT2D eigenvalue weighted by Gasteiger charge is 2.17. The summed E-state index contributed by atoms with van der Waals surface area (Å²) in [5, 5.41) is 5.12. The fourth-order valence-electron chi connectivity index (χ4n) is 2.53. The van der Waals surface area contributed by atoms with Crippen LogP contribution in [0, 0.1) is 13.8 Å². The number of urea groups is 1. The first-order valence-corrected chi connectivity index (χ1v) is 11.1. The van der Waals surface area contributed by atoms with Crippen molar-refractivity contribution in [1.29, 1.82) is 0 Å². The van der Waals surface area contributed by atoms with Gasteiger partial charge in [0.25, 0.3) is 15.9 Å². The highest BCUT2D eigenvalue weighted by Crippen LogP contribution is 2.20. The zero-order valence-corrected chi connectivity index (χ0v) is 18.1. The molecule has 0 saturated carbocycles. The van der Waals surface area contributed by atoms with Crippen LogP contribution in [0.1, 0.15) is 30.9 Å². The van der Waals surface area contributed by atoms with Crippen molar-refractivity contribution in [2.75, 3.05) is 18.5 Å². The molecule has 162 valence electrons. The Hall–Kier alpha value is -3.07. The summed E-state index contributed by atoms with van der Waals surface area (Å²) in [5.74, 6) is 0.259. The van der Waals surface area contributed by atoms with Crippen molar-refractivity contribution >= 4 is 27.6 Å². The molecule has 0 atom stereocenters. The largest absolute Gasteiger partial charge is 0.483 e. The van der Waals surface area contributed by atoms with E-state index in [0.717, 1.165) is 24.0 Å². The van der Waals surface area contributed by atoms with Crippen molar-refractivity contribution in [2.45, 2.75) is 38.5 Å². The molecule has 0 bridgehead atoms. The molecule has 9 heteroatoms. The van der Waals surface area contributed by atoms with Crippen LogP contribution >= 0.6 is 0 Å². The highest BCUT2D eigenvalue weighted by atomic mass is 32.2. The van der Waals surface area contributed by atoms with Crippen LogP contribution in [0.4, 0.5) is 10.5 Å². The SMILES string of the molecule is CCCCNC(=O)NS(=O)(=O)c1ccc(NC(=O)COc2cccc(C)c2C)cc1. The number of hydrogen-bond donors (Lipinski definition) is 3. The van der Waals surface area contributed by atoms with Gasteiger partial charge in [0.1, 0.15) is 5.75 Å². The molecule has 0 radical (unpaired) electrons. The van der Waals surface area contributed by atoms with Crippen LogP contribution in [0.2, 0.25) is 0 Å². The smallest absolute Gasteiger partial charge is 0.328 e. The van der Waals surface area contributed by atoms with Crippen LogP contribution < -0.4 is 20.1 Å². The zero-order valence-electron chi connectivity index (χ0n) is 17.3. The summed E-state index contributed by atoms with van der Waals surface area (Å²) in [6.45, 7) is 6.06. The van der Waals surface area contributed by atoms with E-state index in [4.69, 9.17) is 4.74 Å². The molecule has 3 amide bonds. The number of benzene rings is 2. The molecule has 0 saturated heterocycles. The molecule has 0 fully saturated rings. The Bertz CT molecular complexity index is 988. The predicted molar refractivity (Wildman–Crippen MR) is 115 cm³/mol. The average molecular weight is 434 g/mol. The number of anilines is 1. The molecule has 2 rings (SSSR count). The Kier molecular flexibility index (Phi) is 8.23. The number of amides is 3. The van der Waals surface area contributed by atoms with Gasteiger partial charge in [-0.1, -0.05) is 25.5 Å². The second-order valence-corrected chi connectivity index (χ2v) is 8.46. The van der Waals surface area contributed by atoms with E-state index in [1.165, 1.54) is 24.3 Å². The van der Waals surface area contributed by atoms with Crippen LogP contribution in [-0.2, 0) is 14.8 Å². The van der Waals surface area contributed by atoms with Gasteiger partial charge < -0.3 is 15.4 Å². The van der Waals surface area contributed by atoms with Gasteiger partial charge in [-0.15, -0.1) is 0 Å². The molecule has 3 N–H and O–H groups in total. The number of unbranched alkanes of at least 4 members (excludes halogenated alkanes) is 1. The lowest BCUT2D eigenvalue weighted by Gasteiger charge is -2.11. The Morgan fingerprint density at radius 2 is 1.73 bits per heavy atom. The van der Waals surface area contributed by atoms with Crippen LogP contribution in [-0.4, -0.2) is 33.5 Å². The minimum atomic E-state index is -4.00. The number of aryl methyl sites for hydroxylation is 1. The zero-order chi connectivity index (χ0) is 22.1. The van der Waals surface area contributed by atoms with Crippen LogP contribution in [0.25, 0.3) is 0 Å². The van der Waals surface area contributed by atoms with Gasteiger partial charge in [-0.05, 0) is 61.7 Å². The molecule has 8 nitrogen and oxygen atoms in total. The summed E-state index contributed by atoms with van der Waals surface area (Å²) in [7, 11) is -4.00. The van der Waals surface area contributed by atoms with Crippen molar-refractivity contribution < 1.29 is 22.7 Å². The van der Waals surface area contributed by atoms with Crippen LogP contribution in [0.5, 0.6) is 5.75 Å². The minimum Gasteiger partial charge on any atom is -0.483 e. The summed E-state index contributed by atoms with van der Waals surface area (Å²) in [5.41, 5.74) is 2.44. The van der Waals surface area contributed by atoms with Crippen LogP contribution in [0.3, 0.4) is 0 Å². The fraction of sp³-hybridized carbons (Fsp3) is 0.333. The third-order valence-corrected chi connectivity index (χ3v) is 5.75. The monoisotopic (exact) mass is 433 g/mol. The quantitative estimate of drug-likeness (QED) is 0.526. The van der Waals surface area contributed by atoms with Crippen molar-refractivity contribution in [3.8, 4) is 5.75 Å². The molecule has 0 aromatic heterocycles. The third-order valence-electron chi connectivity index (χ3n) is 4.41. The van der Waals surface area contributed by atoms with Crippen molar-refractivity contribution in [3.05, 3.63) is 53.6 Å². The fourth-order valence-corrected chi connectivity index (χ4v) is 3.46. The van der Waals surface area contributed by atoms with E-state index in [1.807, 2.05) is 37.6 Å². The summed E-state index contributed by atoms with van der Waals surface area (Å²) >= 11 is 0. The Morgan fingerprint density at radius 1 is 1.03 bits per heavy atom. The number of ether oxygens (including phenoxy) is 1. The predicted octanol–water partition coefficient (Wildman–Crippen LogP) is 3.11. The second-order valence-electron chi connectivity index (χ2n) is 6.77. The van der Waals surface area contributed by atoms with Gasteiger partial charge in [0.2, 0.25) is 0 Å². The summed E-state index contributed by atoms with van der Waals surface area (Å²) in [4.78, 5) is 23.7. The average Bonchev–Trinajstić information content (AvgIpc) is 2.69. The van der Waals surface area contributed by atoms with Gasteiger partial charge >= 0.3 is 6.03 Å². The molecular weight excluding hydrogens is 406 g/mol. The highest BCUT2D eigenvalue weighted by molar-refractivity contribution is 7.90. The van der Waals surface area contributed by atoms with E-state index >= 15 is 0 Å². The Morgan fingerprint density at radius 3 is 2.40 bits per heavy atom. The number of carbonyl (C=O) groups is 2. The Labute approximate surface area is 177 Å². The van der Waals surface area contributed by atoms with Gasteiger partial charge in [0, 0.05) is 12.2 Å². The standard InChI is InChI=1S/C21H27N3O5S/c1-4-5-13-22-21(26)24-30(27,28)18-11-9-17(10-12-18)23-20(25)14-29-19-8-6-7-15(2)16(19)3/h6-12H,4-5,13-14H2,1-3H3,(H,23,25)(H2,22,24,26). The molecule has 0 spiro atoms. The summed E-state index contributed by atoms with van der Waals surface area (Å²) in [6.07, 6.45) is 1.64. The lowest BCUT2D eigenvalue weighted by Crippen LogP contribution is -2.39. The van der Waals surface area contributed by atoms with E-state index in [-0.39, 0.29) is 17.4 Å². The number of hydrogen-bond acceptors (Lipinski definition) is 5. The maximum Gasteiger partial charge on any atom is 0.328 e. The number of carbonyl (C=O) groups excluding carboxylic acids is 2. The second kappa shape index (κ2) is 10.6. The van der Waals surface area contributed by atoms with Gasteiger partial charge in [-0.2, -0.15) is 0 Å². The number of rotatable bonds is 9. The van der Waals surface area contributed by atoms with Gasteiger partial charge in [0.05, 0.1) is 4.90 Å². The van der Waals surface area contributed by atoms with Crippen LogP contribution in [0.15, 0.2) is 47.4 Å². The van der Waals surface area contributed by atoms with E-state index in [9.17, 15) is 18.0 Å². The van der Waals surface area contributed by atoms with E-state index < -0.39 is 16.1 Å². The first-order valence-electron chi connectivity index (χ1n) is 9.62. The molecule has 0 aliphatic heterocycles. The molecule has 0 aliphatic carbocycles. The number of nitrogens with one attached hydrogen (secondary N) is 3. The first-order chi connectivity index (χ1) is 14.2. The molecule has 30 heavy (non-hydrogen) atoms. The molecule has 2 aromatic rings. The Balaban J connectivity index is 1.91. The molecular formula is C21H27N3O5S. The van der Waals surface area contributed by atoms with Crippen molar-refractivity contribution in [1.82, 2.24) is 10.0 Å². The molecule has 0 unspecified atom stereocenters. The van der Waals surface area contributed by atoms with Gasteiger partial charge in [-0.25, -0.2) is 17.9 Å². The lowest BCUT2D eigenvalue weighted by molar-refractivity contribution is -0.118. The van der Waals surface area contributed by atoms with E-state index in [1.54, 1.807) is 6.07 Å². The van der Waals surface area contributed by atoms with E-state index in [2.05, 4.69) is 10.6 Å². The summed E-state index contributed by atoms with van der Waals surface area (Å²) in [6, 6.07) is 10.3. The van der Waals surface area contributed by atoms with Crippen molar-refractivity contribution in [3.63, 3.8) is 0 Å².